The van der Waals surface area contributed by atoms with Crippen molar-refractivity contribution in [2.75, 3.05) is 0 Å². The quantitative estimate of drug-likeness (QED) is 0.370. The van der Waals surface area contributed by atoms with Crippen LogP contribution >= 0.6 is 0 Å². The van der Waals surface area contributed by atoms with Gasteiger partial charge in [0.2, 0.25) is 0 Å². The Morgan fingerprint density at radius 2 is 1.64 bits per heavy atom. The highest BCUT2D eigenvalue weighted by molar-refractivity contribution is 5.98. The number of hydrogen-bond acceptors (Lipinski definition) is 2. The maximum absolute atomic E-state index is 5.16. The first-order valence-corrected chi connectivity index (χ1v) is 3.93. The largest absolute Gasteiger partial charge is 0.323 e. The standard InChI is InChI=1S/C9H18N2/c1-6(2)7(3)8(4)9(5)11-10/h6H,10H2,1-5H3/b8-7+,11-9-. The number of rotatable bonds is 2. The number of allylic oxidation sites excluding steroid dienone is 2. The Morgan fingerprint density at radius 3 is 1.91 bits per heavy atom. The van der Waals surface area contributed by atoms with Gasteiger partial charge >= 0.3 is 0 Å². The smallest absolute Gasteiger partial charge is 0.0598 e. The summed E-state index contributed by atoms with van der Waals surface area (Å²) < 4.78 is 0. The molecule has 0 rings (SSSR count). The topological polar surface area (TPSA) is 38.4 Å². The zero-order valence-corrected chi connectivity index (χ0v) is 8.10. The van der Waals surface area contributed by atoms with Crippen LogP contribution in [0, 0.1) is 5.92 Å². The second-order valence-electron chi connectivity index (χ2n) is 3.18. The fourth-order valence-corrected chi connectivity index (χ4v) is 0.815. The van der Waals surface area contributed by atoms with Crippen LogP contribution in [0.2, 0.25) is 0 Å². The molecule has 0 spiro atoms. The lowest BCUT2D eigenvalue weighted by Crippen LogP contribution is -2.03. The van der Waals surface area contributed by atoms with Crippen LogP contribution in [0.1, 0.15) is 34.6 Å². The minimum atomic E-state index is 0.576. The Morgan fingerprint density at radius 1 is 1.18 bits per heavy atom. The lowest BCUT2D eigenvalue weighted by Gasteiger charge is -2.09. The summed E-state index contributed by atoms with van der Waals surface area (Å²) in [5.74, 6) is 5.74. The van der Waals surface area contributed by atoms with Gasteiger partial charge in [0.05, 0.1) is 5.71 Å². The molecule has 0 saturated heterocycles. The van der Waals surface area contributed by atoms with Crippen molar-refractivity contribution in [3.05, 3.63) is 11.1 Å². The zero-order chi connectivity index (χ0) is 9.02. The van der Waals surface area contributed by atoms with Gasteiger partial charge in [-0.2, -0.15) is 5.10 Å². The molecule has 11 heavy (non-hydrogen) atoms. The van der Waals surface area contributed by atoms with Crippen molar-refractivity contribution in [1.29, 1.82) is 0 Å². The first-order chi connectivity index (χ1) is 5.00. The van der Waals surface area contributed by atoms with Gasteiger partial charge in [0.25, 0.3) is 0 Å². The van der Waals surface area contributed by atoms with E-state index in [0.29, 0.717) is 5.92 Å². The van der Waals surface area contributed by atoms with Gasteiger partial charge in [-0.15, -0.1) is 0 Å². The fraction of sp³-hybridized carbons (Fsp3) is 0.667. The van der Waals surface area contributed by atoms with E-state index in [0.717, 1.165) is 5.71 Å². The van der Waals surface area contributed by atoms with Crippen molar-refractivity contribution in [3.8, 4) is 0 Å². The first kappa shape index (κ1) is 10.2. The van der Waals surface area contributed by atoms with Crippen LogP contribution in [0.4, 0.5) is 0 Å². The van der Waals surface area contributed by atoms with Crippen LogP contribution in [0.25, 0.3) is 0 Å². The number of nitrogens with zero attached hydrogens (tertiary/aromatic N) is 1. The molecule has 0 amide bonds. The summed E-state index contributed by atoms with van der Waals surface area (Å²) in [4.78, 5) is 0. The van der Waals surface area contributed by atoms with E-state index in [1.54, 1.807) is 0 Å². The molecule has 2 nitrogen and oxygen atoms in total. The summed E-state index contributed by atoms with van der Waals surface area (Å²) in [6.07, 6.45) is 0. The van der Waals surface area contributed by atoms with Gasteiger partial charge in [-0.05, 0) is 32.3 Å². The normalized spacial score (nSPS) is 15.3. The van der Waals surface area contributed by atoms with Crippen LogP contribution in [0.5, 0.6) is 0 Å². The molecular weight excluding hydrogens is 136 g/mol. The number of hydrazone groups is 1. The summed E-state index contributed by atoms with van der Waals surface area (Å²) in [5, 5.41) is 3.65. The van der Waals surface area contributed by atoms with E-state index in [-0.39, 0.29) is 0 Å². The van der Waals surface area contributed by atoms with Crippen molar-refractivity contribution in [1.82, 2.24) is 0 Å². The third-order valence-electron chi connectivity index (χ3n) is 2.19. The van der Waals surface area contributed by atoms with Gasteiger partial charge in [-0.25, -0.2) is 0 Å². The predicted molar refractivity (Wildman–Crippen MR) is 50.5 cm³/mol. The fourth-order valence-electron chi connectivity index (χ4n) is 0.815. The third kappa shape index (κ3) is 2.74. The molecule has 0 aromatic rings. The lowest BCUT2D eigenvalue weighted by molar-refractivity contribution is 0.762. The van der Waals surface area contributed by atoms with E-state index in [4.69, 9.17) is 5.84 Å². The molecule has 0 aliphatic rings. The van der Waals surface area contributed by atoms with Crippen molar-refractivity contribution >= 4 is 5.71 Å². The molecule has 2 N–H and O–H groups in total. The molecule has 0 aliphatic heterocycles. The monoisotopic (exact) mass is 154 g/mol. The van der Waals surface area contributed by atoms with Crippen LogP contribution in [-0.2, 0) is 0 Å². The van der Waals surface area contributed by atoms with E-state index >= 15 is 0 Å². The predicted octanol–water partition coefficient (Wildman–Crippen LogP) is 2.31. The average Bonchev–Trinajstić information content (AvgIpc) is 2.00. The molecular formula is C9H18N2. The van der Waals surface area contributed by atoms with E-state index in [2.05, 4.69) is 32.8 Å². The second-order valence-corrected chi connectivity index (χ2v) is 3.18. The number of hydrogen-bond donors (Lipinski definition) is 1. The van der Waals surface area contributed by atoms with Gasteiger partial charge < -0.3 is 5.84 Å². The SMILES string of the molecule is CC(=N/N)/C(C)=C(\C)C(C)C. The summed E-state index contributed by atoms with van der Waals surface area (Å²) >= 11 is 0. The van der Waals surface area contributed by atoms with E-state index in [1.165, 1.54) is 11.1 Å². The highest BCUT2D eigenvalue weighted by Crippen LogP contribution is 2.14. The van der Waals surface area contributed by atoms with Crippen LogP contribution in [0.3, 0.4) is 0 Å². The molecule has 0 fully saturated rings. The minimum Gasteiger partial charge on any atom is -0.323 e. The molecule has 0 aliphatic carbocycles. The van der Waals surface area contributed by atoms with E-state index in [1.807, 2.05) is 6.92 Å². The molecule has 0 atom stereocenters. The maximum atomic E-state index is 5.16. The van der Waals surface area contributed by atoms with Crippen LogP contribution in [-0.4, -0.2) is 5.71 Å². The second kappa shape index (κ2) is 4.16. The van der Waals surface area contributed by atoms with Crippen LogP contribution in [0.15, 0.2) is 16.2 Å². The molecule has 2 heteroatoms. The Hall–Kier alpha value is -0.790. The highest BCUT2D eigenvalue weighted by Gasteiger charge is 2.03. The van der Waals surface area contributed by atoms with Crippen molar-refractivity contribution < 1.29 is 0 Å². The van der Waals surface area contributed by atoms with Crippen molar-refractivity contribution in [3.63, 3.8) is 0 Å². The van der Waals surface area contributed by atoms with Gasteiger partial charge in [0.1, 0.15) is 0 Å². The minimum absolute atomic E-state index is 0.576. The van der Waals surface area contributed by atoms with E-state index < -0.39 is 0 Å². The summed E-state index contributed by atoms with van der Waals surface area (Å²) in [6, 6.07) is 0. The summed E-state index contributed by atoms with van der Waals surface area (Å²) in [5.41, 5.74) is 3.50. The Balaban J connectivity index is 4.67. The lowest BCUT2D eigenvalue weighted by atomic mass is 9.98. The number of nitrogens with two attached hydrogens (primary N) is 1. The third-order valence-corrected chi connectivity index (χ3v) is 2.19. The van der Waals surface area contributed by atoms with Crippen LogP contribution < -0.4 is 5.84 Å². The molecule has 0 saturated carbocycles. The summed E-state index contributed by atoms with van der Waals surface area (Å²) in [6.45, 7) is 10.4. The Labute approximate surface area is 69.2 Å². The van der Waals surface area contributed by atoms with E-state index in [9.17, 15) is 0 Å². The maximum Gasteiger partial charge on any atom is 0.0598 e. The molecule has 0 radical (unpaired) electrons. The highest BCUT2D eigenvalue weighted by atomic mass is 15.1. The Kier molecular flexibility index (Phi) is 3.86. The average molecular weight is 154 g/mol. The molecule has 0 heterocycles. The molecule has 0 unspecified atom stereocenters. The van der Waals surface area contributed by atoms with Gasteiger partial charge in [-0.1, -0.05) is 19.4 Å². The Bertz CT molecular complexity index is 188. The zero-order valence-electron chi connectivity index (χ0n) is 8.10. The first-order valence-electron chi connectivity index (χ1n) is 3.93. The van der Waals surface area contributed by atoms with Gasteiger partial charge in [0.15, 0.2) is 0 Å². The van der Waals surface area contributed by atoms with Gasteiger partial charge in [-0.3, -0.25) is 0 Å². The van der Waals surface area contributed by atoms with Crippen molar-refractivity contribution in [2.24, 2.45) is 16.9 Å². The molecule has 0 aromatic carbocycles. The van der Waals surface area contributed by atoms with Gasteiger partial charge in [0, 0.05) is 0 Å². The molecule has 0 bridgehead atoms. The molecule has 0 aromatic heterocycles. The van der Waals surface area contributed by atoms with Crippen molar-refractivity contribution in [2.45, 2.75) is 34.6 Å². The molecule has 64 valence electrons. The summed E-state index contributed by atoms with van der Waals surface area (Å²) in [7, 11) is 0.